The van der Waals surface area contributed by atoms with Gasteiger partial charge in [-0.15, -0.1) is 5.10 Å². The zero-order valence-electron chi connectivity index (χ0n) is 8.74. The van der Waals surface area contributed by atoms with Gasteiger partial charge in [0.25, 0.3) is 0 Å². The molecule has 80 valence electrons. The minimum absolute atomic E-state index is 0.133. The normalized spacial score (nSPS) is 12.0. The number of para-hydroxylation sites is 1. The van der Waals surface area contributed by atoms with Crippen LogP contribution in [0.2, 0.25) is 0 Å². The van der Waals surface area contributed by atoms with E-state index in [4.69, 9.17) is 5.26 Å². The molecular weight excluding hydrogens is 220 g/mol. The third kappa shape index (κ3) is 2.41. The van der Waals surface area contributed by atoms with Gasteiger partial charge in [-0.3, -0.25) is 0 Å². The third-order valence-corrected chi connectivity index (χ3v) is 2.81. The molecule has 0 aliphatic carbocycles. The molecule has 0 amide bonds. The van der Waals surface area contributed by atoms with Crippen LogP contribution in [0.25, 0.3) is 5.69 Å². The van der Waals surface area contributed by atoms with E-state index in [0.717, 1.165) is 5.69 Å². The molecule has 1 atom stereocenters. The average molecular weight is 230 g/mol. The number of thioether (sulfide) groups is 1. The van der Waals surface area contributed by atoms with Crippen LogP contribution in [-0.2, 0) is 0 Å². The van der Waals surface area contributed by atoms with E-state index < -0.39 is 0 Å². The SMILES string of the molecule is C[C@@H](C#N)Sc1ncn(-c2ccccc2)n1. The van der Waals surface area contributed by atoms with Crippen molar-refractivity contribution in [2.24, 2.45) is 0 Å². The Labute approximate surface area is 97.9 Å². The lowest BCUT2D eigenvalue weighted by Gasteiger charge is -1.98. The minimum atomic E-state index is -0.133. The van der Waals surface area contributed by atoms with E-state index >= 15 is 0 Å². The van der Waals surface area contributed by atoms with Crippen LogP contribution in [-0.4, -0.2) is 20.0 Å². The Kier molecular flexibility index (Phi) is 3.22. The van der Waals surface area contributed by atoms with Crippen LogP contribution in [0.4, 0.5) is 0 Å². The number of hydrogen-bond donors (Lipinski definition) is 0. The highest BCUT2D eigenvalue weighted by Gasteiger charge is 2.07. The lowest BCUT2D eigenvalue weighted by atomic mass is 10.3. The van der Waals surface area contributed by atoms with Crippen LogP contribution in [0.3, 0.4) is 0 Å². The van der Waals surface area contributed by atoms with E-state index in [9.17, 15) is 0 Å². The zero-order chi connectivity index (χ0) is 11.4. The Morgan fingerprint density at radius 3 is 2.81 bits per heavy atom. The van der Waals surface area contributed by atoms with Gasteiger partial charge >= 0.3 is 0 Å². The highest BCUT2D eigenvalue weighted by molar-refractivity contribution is 7.99. The first-order chi connectivity index (χ1) is 7.79. The molecule has 0 unspecified atom stereocenters. The molecule has 0 bridgehead atoms. The summed E-state index contributed by atoms with van der Waals surface area (Å²) in [6, 6.07) is 11.9. The summed E-state index contributed by atoms with van der Waals surface area (Å²) in [5.74, 6) is 0. The van der Waals surface area contributed by atoms with Crippen LogP contribution in [0.5, 0.6) is 0 Å². The first kappa shape index (κ1) is 10.7. The summed E-state index contributed by atoms with van der Waals surface area (Å²) in [6.07, 6.45) is 1.65. The molecule has 2 rings (SSSR count). The summed E-state index contributed by atoms with van der Waals surface area (Å²) in [7, 11) is 0. The van der Waals surface area contributed by atoms with E-state index in [1.165, 1.54) is 11.8 Å². The van der Waals surface area contributed by atoms with Gasteiger partial charge in [0.05, 0.1) is 17.0 Å². The molecular formula is C11H10N4S. The zero-order valence-corrected chi connectivity index (χ0v) is 9.56. The smallest absolute Gasteiger partial charge is 0.210 e. The molecule has 0 radical (unpaired) electrons. The molecule has 5 heteroatoms. The van der Waals surface area contributed by atoms with Crippen LogP contribution >= 0.6 is 11.8 Å². The van der Waals surface area contributed by atoms with Gasteiger partial charge in [0, 0.05) is 0 Å². The Morgan fingerprint density at radius 2 is 2.12 bits per heavy atom. The summed E-state index contributed by atoms with van der Waals surface area (Å²) in [5.41, 5.74) is 0.964. The van der Waals surface area contributed by atoms with Crippen molar-refractivity contribution in [1.82, 2.24) is 14.8 Å². The summed E-state index contributed by atoms with van der Waals surface area (Å²) in [5, 5.41) is 13.5. The van der Waals surface area contributed by atoms with Gasteiger partial charge < -0.3 is 0 Å². The van der Waals surface area contributed by atoms with Gasteiger partial charge in [-0.1, -0.05) is 30.0 Å². The van der Waals surface area contributed by atoms with Gasteiger partial charge in [0.2, 0.25) is 5.16 Å². The fourth-order valence-electron chi connectivity index (χ4n) is 1.19. The third-order valence-electron chi connectivity index (χ3n) is 1.96. The number of nitrogens with zero attached hydrogens (tertiary/aromatic N) is 4. The van der Waals surface area contributed by atoms with Crippen LogP contribution in [0.1, 0.15) is 6.92 Å². The second-order valence-corrected chi connectivity index (χ2v) is 4.50. The van der Waals surface area contributed by atoms with Gasteiger partial charge in [0.1, 0.15) is 6.33 Å². The summed E-state index contributed by atoms with van der Waals surface area (Å²) in [6.45, 7) is 1.83. The standard InChI is InChI=1S/C11H10N4S/c1-9(7-12)16-11-13-8-15(14-11)10-5-3-2-4-6-10/h2-6,8-9H,1H3/t9-/m0/s1. The molecule has 4 nitrogen and oxygen atoms in total. The second kappa shape index (κ2) is 4.81. The fourth-order valence-corrected chi connectivity index (χ4v) is 1.80. The van der Waals surface area contributed by atoms with Crippen molar-refractivity contribution in [2.75, 3.05) is 0 Å². The maximum atomic E-state index is 8.69. The number of aromatic nitrogens is 3. The van der Waals surface area contributed by atoms with Gasteiger partial charge in [-0.25, -0.2) is 9.67 Å². The van der Waals surface area contributed by atoms with Crippen LogP contribution in [0.15, 0.2) is 41.8 Å². The van der Waals surface area contributed by atoms with Crippen molar-refractivity contribution < 1.29 is 0 Å². The molecule has 0 N–H and O–H groups in total. The predicted molar refractivity (Wildman–Crippen MR) is 62.3 cm³/mol. The summed E-state index contributed by atoms with van der Waals surface area (Å²) in [4.78, 5) is 4.14. The van der Waals surface area contributed by atoms with Crippen molar-refractivity contribution in [3.63, 3.8) is 0 Å². The number of benzene rings is 1. The van der Waals surface area contributed by atoms with E-state index in [-0.39, 0.29) is 5.25 Å². The van der Waals surface area contributed by atoms with E-state index in [1.807, 2.05) is 37.3 Å². The van der Waals surface area contributed by atoms with E-state index in [1.54, 1.807) is 11.0 Å². The van der Waals surface area contributed by atoms with Crippen LogP contribution < -0.4 is 0 Å². The Hall–Kier alpha value is -1.80. The monoisotopic (exact) mass is 230 g/mol. The minimum Gasteiger partial charge on any atom is -0.220 e. The summed E-state index contributed by atoms with van der Waals surface area (Å²) < 4.78 is 1.70. The topological polar surface area (TPSA) is 54.5 Å². The second-order valence-electron chi connectivity index (χ2n) is 3.20. The summed E-state index contributed by atoms with van der Waals surface area (Å²) >= 11 is 1.35. The number of rotatable bonds is 3. The van der Waals surface area contributed by atoms with Gasteiger partial charge in [-0.05, 0) is 19.1 Å². The largest absolute Gasteiger partial charge is 0.220 e. The van der Waals surface area contributed by atoms with E-state index in [0.29, 0.717) is 5.16 Å². The maximum absolute atomic E-state index is 8.69. The van der Waals surface area contributed by atoms with Crippen LogP contribution in [0, 0.1) is 11.3 Å². The van der Waals surface area contributed by atoms with Crippen molar-refractivity contribution in [2.45, 2.75) is 17.3 Å². The molecule has 0 fully saturated rings. The lowest BCUT2D eigenvalue weighted by Crippen LogP contribution is -1.95. The van der Waals surface area contributed by atoms with Crippen molar-refractivity contribution in [3.05, 3.63) is 36.7 Å². The first-order valence-corrected chi connectivity index (χ1v) is 5.71. The molecule has 0 saturated carbocycles. The predicted octanol–water partition coefficient (Wildman–Crippen LogP) is 2.27. The Bertz CT molecular complexity index is 500. The molecule has 0 saturated heterocycles. The Balaban J connectivity index is 2.18. The molecule has 16 heavy (non-hydrogen) atoms. The molecule has 1 aromatic carbocycles. The molecule has 0 aliphatic heterocycles. The van der Waals surface area contributed by atoms with Gasteiger partial charge in [0.15, 0.2) is 0 Å². The molecule has 0 spiro atoms. The highest BCUT2D eigenvalue weighted by atomic mass is 32.2. The Morgan fingerprint density at radius 1 is 1.38 bits per heavy atom. The quantitative estimate of drug-likeness (QED) is 0.759. The van der Waals surface area contributed by atoms with Crippen molar-refractivity contribution >= 4 is 11.8 Å². The number of nitriles is 1. The fraction of sp³-hybridized carbons (Fsp3) is 0.182. The number of hydrogen-bond acceptors (Lipinski definition) is 4. The first-order valence-electron chi connectivity index (χ1n) is 4.83. The highest BCUT2D eigenvalue weighted by Crippen LogP contribution is 2.18. The van der Waals surface area contributed by atoms with E-state index in [2.05, 4.69) is 16.2 Å². The molecule has 1 aromatic heterocycles. The van der Waals surface area contributed by atoms with Gasteiger partial charge in [-0.2, -0.15) is 5.26 Å². The maximum Gasteiger partial charge on any atom is 0.210 e. The van der Waals surface area contributed by atoms with Crippen molar-refractivity contribution in [3.8, 4) is 11.8 Å². The lowest BCUT2D eigenvalue weighted by molar-refractivity contribution is 0.834. The molecule has 0 aliphatic rings. The molecule has 1 heterocycles. The molecule has 2 aromatic rings. The average Bonchev–Trinajstić information content (AvgIpc) is 2.78. The van der Waals surface area contributed by atoms with Crippen molar-refractivity contribution in [1.29, 1.82) is 5.26 Å².